The Bertz CT molecular complexity index is 870. The summed E-state index contributed by atoms with van der Waals surface area (Å²) in [6, 6.07) is 12.1. The Morgan fingerprint density at radius 3 is 2.19 bits per heavy atom. The number of carbonyl (C=O) groups is 3. The highest BCUT2D eigenvalue weighted by Crippen LogP contribution is 2.25. The van der Waals surface area contributed by atoms with E-state index < -0.39 is 0 Å². The third-order valence-electron chi connectivity index (χ3n) is 4.61. The van der Waals surface area contributed by atoms with Crippen LogP contribution >= 0.6 is 0 Å². The molecule has 0 fully saturated rings. The number of hydrogen-bond donors (Lipinski definition) is 1. The predicted molar refractivity (Wildman–Crippen MR) is 101 cm³/mol. The molecule has 1 N–H and O–H groups in total. The fraction of sp³-hybridized carbons (Fsp3) is 0.250. The lowest BCUT2D eigenvalue weighted by atomic mass is 10.1. The van der Waals surface area contributed by atoms with E-state index in [2.05, 4.69) is 24.1 Å². The SMILES string of the molecule is CCN(CC)c1ccc(C(=O)Nc2ccc3c(c2)C(=O)N(C)C3=O)cc1. The molecule has 3 amide bonds. The molecule has 0 aliphatic carbocycles. The van der Waals surface area contributed by atoms with E-state index in [0.717, 1.165) is 23.7 Å². The Morgan fingerprint density at radius 1 is 0.962 bits per heavy atom. The average Bonchev–Trinajstić information content (AvgIpc) is 2.87. The number of carbonyl (C=O) groups excluding carboxylic acids is 3. The maximum atomic E-state index is 12.5. The first-order valence-corrected chi connectivity index (χ1v) is 8.59. The Kier molecular flexibility index (Phi) is 4.75. The Hall–Kier alpha value is -3.15. The standard InChI is InChI=1S/C20H21N3O3/c1-4-23(5-2)15-9-6-13(7-10-15)18(24)21-14-8-11-16-17(12-14)20(26)22(3)19(16)25/h6-12H,4-5H2,1-3H3,(H,21,24). The molecule has 134 valence electrons. The van der Waals surface area contributed by atoms with Crippen LogP contribution < -0.4 is 10.2 Å². The smallest absolute Gasteiger partial charge is 0.261 e. The van der Waals surface area contributed by atoms with Crippen molar-refractivity contribution in [3.8, 4) is 0 Å². The van der Waals surface area contributed by atoms with Crippen LogP contribution in [0.2, 0.25) is 0 Å². The molecular weight excluding hydrogens is 330 g/mol. The summed E-state index contributed by atoms with van der Waals surface area (Å²) in [7, 11) is 1.44. The molecule has 0 radical (unpaired) electrons. The van der Waals surface area contributed by atoms with Crippen molar-refractivity contribution in [1.82, 2.24) is 4.90 Å². The van der Waals surface area contributed by atoms with Crippen LogP contribution in [0.25, 0.3) is 0 Å². The van der Waals surface area contributed by atoms with Gasteiger partial charge in [0.25, 0.3) is 17.7 Å². The normalized spacial score (nSPS) is 13.0. The first kappa shape index (κ1) is 17.7. The number of benzene rings is 2. The fourth-order valence-electron chi connectivity index (χ4n) is 3.05. The zero-order valence-electron chi connectivity index (χ0n) is 15.1. The number of nitrogens with one attached hydrogen (secondary N) is 1. The number of anilines is 2. The maximum absolute atomic E-state index is 12.5. The van der Waals surface area contributed by atoms with Crippen molar-refractivity contribution in [2.24, 2.45) is 0 Å². The van der Waals surface area contributed by atoms with Gasteiger partial charge in [-0.25, -0.2) is 0 Å². The molecule has 2 aromatic carbocycles. The van der Waals surface area contributed by atoms with Gasteiger partial charge in [-0.15, -0.1) is 0 Å². The van der Waals surface area contributed by atoms with Crippen molar-refractivity contribution >= 4 is 29.1 Å². The number of nitrogens with zero attached hydrogens (tertiary/aromatic N) is 2. The van der Waals surface area contributed by atoms with E-state index in [4.69, 9.17) is 0 Å². The highest BCUT2D eigenvalue weighted by Gasteiger charge is 2.32. The molecule has 1 aliphatic heterocycles. The summed E-state index contributed by atoms with van der Waals surface area (Å²) in [5.74, 6) is -0.944. The van der Waals surface area contributed by atoms with Crippen LogP contribution in [0, 0.1) is 0 Å². The molecule has 1 heterocycles. The van der Waals surface area contributed by atoms with E-state index in [0.29, 0.717) is 22.4 Å². The number of fused-ring (bicyclic) bond motifs is 1. The molecule has 0 aromatic heterocycles. The fourth-order valence-corrected chi connectivity index (χ4v) is 3.05. The Morgan fingerprint density at radius 2 is 1.58 bits per heavy atom. The number of amides is 3. The Labute approximate surface area is 152 Å². The van der Waals surface area contributed by atoms with Crippen LogP contribution in [0.4, 0.5) is 11.4 Å². The van der Waals surface area contributed by atoms with Gasteiger partial charge in [0, 0.05) is 37.1 Å². The summed E-state index contributed by atoms with van der Waals surface area (Å²) in [4.78, 5) is 39.7. The van der Waals surface area contributed by atoms with E-state index in [-0.39, 0.29) is 17.7 Å². The van der Waals surface area contributed by atoms with E-state index in [1.165, 1.54) is 7.05 Å². The van der Waals surface area contributed by atoms with Crippen LogP contribution in [0.5, 0.6) is 0 Å². The van der Waals surface area contributed by atoms with Crippen molar-refractivity contribution in [2.45, 2.75) is 13.8 Å². The second-order valence-corrected chi connectivity index (χ2v) is 6.10. The van der Waals surface area contributed by atoms with Crippen molar-refractivity contribution < 1.29 is 14.4 Å². The number of rotatable bonds is 5. The van der Waals surface area contributed by atoms with Crippen molar-refractivity contribution in [3.63, 3.8) is 0 Å². The lowest BCUT2D eigenvalue weighted by Crippen LogP contribution is -2.24. The maximum Gasteiger partial charge on any atom is 0.261 e. The molecule has 1 aliphatic rings. The van der Waals surface area contributed by atoms with E-state index >= 15 is 0 Å². The molecule has 3 rings (SSSR count). The highest BCUT2D eigenvalue weighted by molar-refractivity contribution is 6.21. The van der Waals surface area contributed by atoms with Gasteiger partial charge in [-0.2, -0.15) is 0 Å². The van der Waals surface area contributed by atoms with E-state index in [9.17, 15) is 14.4 Å². The van der Waals surface area contributed by atoms with Gasteiger partial charge in [-0.3, -0.25) is 19.3 Å². The van der Waals surface area contributed by atoms with Gasteiger partial charge in [0.05, 0.1) is 11.1 Å². The van der Waals surface area contributed by atoms with Gasteiger partial charge in [-0.05, 0) is 56.3 Å². The lowest BCUT2D eigenvalue weighted by Gasteiger charge is -2.21. The molecule has 6 heteroatoms. The topological polar surface area (TPSA) is 69.7 Å². The summed E-state index contributed by atoms with van der Waals surface area (Å²) < 4.78 is 0. The lowest BCUT2D eigenvalue weighted by molar-refractivity contribution is 0.0692. The summed E-state index contributed by atoms with van der Waals surface area (Å²) in [5, 5.41) is 2.78. The molecular formula is C20H21N3O3. The third-order valence-corrected chi connectivity index (χ3v) is 4.61. The quantitative estimate of drug-likeness (QED) is 0.841. The van der Waals surface area contributed by atoms with Crippen LogP contribution in [-0.2, 0) is 0 Å². The molecule has 0 bridgehead atoms. The molecule has 26 heavy (non-hydrogen) atoms. The second-order valence-electron chi connectivity index (χ2n) is 6.10. The third kappa shape index (κ3) is 3.06. The Balaban J connectivity index is 1.77. The van der Waals surface area contributed by atoms with Crippen LogP contribution in [0.1, 0.15) is 44.9 Å². The highest BCUT2D eigenvalue weighted by atomic mass is 16.2. The largest absolute Gasteiger partial charge is 0.372 e. The number of imide groups is 1. The minimum absolute atomic E-state index is 0.263. The van der Waals surface area contributed by atoms with E-state index in [1.54, 1.807) is 30.3 Å². The summed E-state index contributed by atoms with van der Waals surface area (Å²) in [6.07, 6.45) is 0. The van der Waals surface area contributed by atoms with Crippen molar-refractivity contribution in [3.05, 3.63) is 59.2 Å². The monoisotopic (exact) mass is 351 g/mol. The van der Waals surface area contributed by atoms with Gasteiger partial charge in [0.2, 0.25) is 0 Å². The van der Waals surface area contributed by atoms with Crippen molar-refractivity contribution in [1.29, 1.82) is 0 Å². The molecule has 2 aromatic rings. The molecule has 0 saturated heterocycles. The number of hydrogen-bond acceptors (Lipinski definition) is 4. The molecule has 0 saturated carbocycles. The summed E-state index contributed by atoms with van der Waals surface area (Å²) >= 11 is 0. The average molecular weight is 351 g/mol. The molecule has 0 atom stereocenters. The van der Waals surface area contributed by atoms with Crippen LogP contribution in [0.15, 0.2) is 42.5 Å². The molecule has 6 nitrogen and oxygen atoms in total. The van der Waals surface area contributed by atoms with Gasteiger partial charge < -0.3 is 10.2 Å². The zero-order chi connectivity index (χ0) is 18.8. The van der Waals surface area contributed by atoms with Crippen LogP contribution in [0.3, 0.4) is 0 Å². The first-order valence-electron chi connectivity index (χ1n) is 8.59. The minimum atomic E-state index is -0.357. The van der Waals surface area contributed by atoms with Crippen molar-refractivity contribution in [2.75, 3.05) is 30.4 Å². The van der Waals surface area contributed by atoms with Gasteiger partial charge >= 0.3 is 0 Å². The molecule has 0 unspecified atom stereocenters. The second kappa shape index (κ2) is 7.00. The molecule has 0 spiro atoms. The van der Waals surface area contributed by atoms with Gasteiger partial charge in [0.1, 0.15) is 0 Å². The van der Waals surface area contributed by atoms with Gasteiger partial charge in [-0.1, -0.05) is 0 Å². The zero-order valence-corrected chi connectivity index (χ0v) is 15.1. The van der Waals surface area contributed by atoms with E-state index in [1.807, 2.05) is 12.1 Å². The summed E-state index contributed by atoms with van der Waals surface area (Å²) in [6.45, 7) is 5.97. The first-order chi connectivity index (χ1) is 12.5. The van der Waals surface area contributed by atoms with Crippen LogP contribution in [-0.4, -0.2) is 42.8 Å². The summed E-state index contributed by atoms with van der Waals surface area (Å²) in [5.41, 5.74) is 2.75. The predicted octanol–water partition coefficient (Wildman–Crippen LogP) is 3.01. The minimum Gasteiger partial charge on any atom is -0.372 e. The van der Waals surface area contributed by atoms with Gasteiger partial charge in [0.15, 0.2) is 0 Å².